The molecular formula is C15H19N2O2. The smallest absolute Gasteiger partial charge is 0.237 e. The Morgan fingerprint density at radius 3 is 2.53 bits per heavy atom. The first-order valence-electron chi connectivity index (χ1n) is 6.33. The van der Waals surface area contributed by atoms with Crippen LogP contribution in [-0.4, -0.2) is 24.7 Å². The first kappa shape index (κ1) is 15.3. The van der Waals surface area contributed by atoms with E-state index in [2.05, 4.69) is 0 Å². The molecule has 0 spiro atoms. The number of nitrogens with two attached hydrogens (primary N) is 2. The zero-order valence-corrected chi connectivity index (χ0v) is 10.8. The van der Waals surface area contributed by atoms with Crippen LogP contribution in [-0.2, 0) is 9.59 Å². The van der Waals surface area contributed by atoms with Crippen molar-refractivity contribution in [2.45, 2.75) is 25.3 Å². The van der Waals surface area contributed by atoms with Crippen LogP contribution >= 0.6 is 0 Å². The average molecular weight is 259 g/mol. The van der Waals surface area contributed by atoms with Gasteiger partial charge in [0, 0.05) is 0 Å². The second-order valence-electron chi connectivity index (χ2n) is 4.33. The molecule has 1 atom stereocenters. The summed E-state index contributed by atoms with van der Waals surface area (Å²) in [5, 5.41) is 0. The van der Waals surface area contributed by atoms with Gasteiger partial charge < -0.3 is 11.5 Å². The molecule has 0 bridgehead atoms. The van der Waals surface area contributed by atoms with Gasteiger partial charge in [-0.15, -0.1) is 0 Å². The Kier molecular flexibility index (Phi) is 6.71. The van der Waals surface area contributed by atoms with Gasteiger partial charge in [0.2, 0.25) is 6.29 Å². The van der Waals surface area contributed by atoms with Gasteiger partial charge in [0.05, 0.1) is 11.6 Å². The van der Waals surface area contributed by atoms with Gasteiger partial charge in [-0.1, -0.05) is 36.8 Å². The molecule has 4 heteroatoms. The topological polar surface area (TPSA) is 86.2 Å². The molecule has 0 aliphatic carbocycles. The van der Waals surface area contributed by atoms with E-state index in [1.807, 2.05) is 30.3 Å². The molecule has 0 saturated heterocycles. The number of hydrogen-bond acceptors (Lipinski definition) is 4. The molecule has 1 rings (SSSR count). The van der Waals surface area contributed by atoms with Crippen LogP contribution in [0.25, 0.3) is 6.08 Å². The van der Waals surface area contributed by atoms with Gasteiger partial charge >= 0.3 is 0 Å². The standard InChI is InChI=1S/C15H19N2O2/c16-9-5-4-8-14(17)15(19)13(11-18)10-12-6-2-1-3-7-12/h1-3,6-7,10,14H,4-5,8-9,16-17H2/t14-/m1/s1. The second-order valence-corrected chi connectivity index (χ2v) is 4.33. The molecule has 19 heavy (non-hydrogen) atoms. The van der Waals surface area contributed by atoms with Crippen molar-refractivity contribution in [3.63, 3.8) is 0 Å². The Bertz CT molecular complexity index is 441. The minimum atomic E-state index is -0.664. The monoisotopic (exact) mass is 259 g/mol. The SMILES string of the molecule is NCCCC[C@@H](N)C(=O)C([C]=O)=Cc1ccccc1. The fourth-order valence-electron chi connectivity index (χ4n) is 1.71. The highest BCUT2D eigenvalue weighted by Gasteiger charge is 2.18. The van der Waals surface area contributed by atoms with E-state index in [1.165, 1.54) is 6.08 Å². The van der Waals surface area contributed by atoms with E-state index in [4.69, 9.17) is 11.5 Å². The lowest BCUT2D eigenvalue weighted by atomic mass is 9.99. The van der Waals surface area contributed by atoms with Crippen molar-refractivity contribution in [1.29, 1.82) is 0 Å². The van der Waals surface area contributed by atoms with Crippen LogP contribution in [0.5, 0.6) is 0 Å². The summed E-state index contributed by atoms with van der Waals surface area (Å²) in [6.45, 7) is 0.577. The van der Waals surface area contributed by atoms with Crippen molar-refractivity contribution in [2.24, 2.45) is 11.5 Å². The molecule has 0 aromatic heterocycles. The summed E-state index contributed by atoms with van der Waals surface area (Å²) in [5.74, 6) is -0.365. The third-order valence-electron chi connectivity index (χ3n) is 2.79. The number of carbonyl (C=O) groups is 1. The number of rotatable bonds is 8. The summed E-state index contributed by atoms with van der Waals surface area (Å²) in [7, 11) is 0. The maximum absolute atomic E-state index is 12.0. The Morgan fingerprint density at radius 2 is 1.95 bits per heavy atom. The predicted molar refractivity (Wildman–Crippen MR) is 76.0 cm³/mol. The zero-order chi connectivity index (χ0) is 14.1. The lowest BCUT2D eigenvalue weighted by Crippen LogP contribution is -2.32. The molecule has 4 nitrogen and oxygen atoms in total. The Hall–Kier alpha value is -1.78. The lowest BCUT2D eigenvalue weighted by molar-refractivity contribution is -0.116. The van der Waals surface area contributed by atoms with E-state index >= 15 is 0 Å². The molecule has 0 aliphatic heterocycles. The van der Waals surface area contributed by atoms with E-state index in [0.717, 1.165) is 18.4 Å². The third-order valence-corrected chi connectivity index (χ3v) is 2.79. The molecule has 1 aromatic carbocycles. The van der Waals surface area contributed by atoms with Crippen LogP contribution in [0.2, 0.25) is 0 Å². The van der Waals surface area contributed by atoms with Gasteiger partial charge in [0.15, 0.2) is 5.78 Å². The summed E-state index contributed by atoms with van der Waals surface area (Å²) in [6.07, 6.45) is 5.32. The summed E-state index contributed by atoms with van der Waals surface area (Å²) < 4.78 is 0. The average Bonchev–Trinajstić information content (AvgIpc) is 2.45. The van der Waals surface area contributed by atoms with Crippen molar-refractivity contribution in [3.8, 4) is 0 Å². The molecule has 4 N–H and O–H groups in total. The van der Waals surface area contributed by atoms with Gasteiger partial charge in [-0.3, -0.25) is 9.59 Å². The number of unbranched alkanes of at least 4 members (excludes halogenated alkanes) is 1. The van der Waals surface area contributed by atoms with Crippen LogP contribution < -0.4 is 11.5 Å². The van der Waals surface area contributed by atoms with E-state index in [9.17, 15) is 9.59 Å². The Labute approximate surface area is 113 Å². The van der Waals surface area contributed by atoms with E-state index in [0.29, 0.717) is 13.0 Å². The highest BCUT2D eigenvalue weighted by Crippen LogP contribution is 2.09. The Balaban J connectivity index is 2.71. The van der Waals surface area contributed by atoms with Crippen LogP contribution in [0.4, 0.5) is 0 Å². The van der Waals surface area contributed by atoms with Crippen molar-refractivity contribution in [3.05, 3.63) is 41.5 Å². The van der Waals surface area contributed by atoms with Crippen LogP contribution in [0.3, 0.4) is 0 Å². The summed E-state index contributed by atoms with van der Waals surface area (Å²) >= 11 is 0. The molecule has 1 radical (unpaired) electrons. The number of ketones is 1. The first-order valence-corrected chi connectivity index (χ1v) is 6.33. The van der Waals surface area contributed by atoms with E-state index in [1.54, 1.807) is 6.29 Å². The number of carbonyl (C=O) groups excluding carboxylic acids is 2. The molecule has 0 fully saturated rings. The van der Waals surface area contributed by atoms with Gasteiger partial charge in [0.1, 0.15) is 0 Å². The largest absolute Gasteiger partial charge is 0.330 e. The summed E-state index contributed by atoms with van der Waals surface area (Å²) in [4.78, 5) is 22.9. The number of Topliss-reactive ketones (excluding diaryl/α,β-unsaturated/α-hetero) is 1. The molecule has 0 amide bonds. The minimum absolute atomic E-state index is 0.00792. The van der Waals surface area contributed by atoms with E-state index in [-0.39, 0.29) is 11.4 Å². The van der Waals surface area contributed by atoms with Crippen molar-refractivity contribution < 1.29 is 9.59 Å². The first-order chi connectivity index (χ1) is 9.19. The zero-order valence-electron chi connectivity index (χ0n) is 10.8. The third kappa shape index (κ3) is 5.16. The highest BCUT2D eigenvalue weighted by molar-refractivity contribution is 6.17. The molecule has 101 valence electrons. The van der Waals surface area contributed by atoms with Crippen LogP contribution in [0.1, 0.15) is 24.8 Å². The molecule has 0 aliphatic rings. The quantitative estimate of drug-likeness (QED) is 0.318. The Morgan fingerprint density at radius 1 is 1.26 bits per heavy atom. The summed E-state index contributed by atoms with van der Waals surface area (Å²) in [5.41, 5.74) is 11.9. The number of hydrogen-bond donors (Lipinski definition) is 2. The van der Waals surface area contributed by atoms with Gasteiger partial charge in [0.25, 0.3) is 0 Å². The maximum atomic E-state index is 12.0. The van der Waals surface area contributed by atoms with Gasteiger partial charge in [-0.05, 0) is 31.0 Å². The van der Waals surface area contributed by atoms with Crippen LogP contribution in [0, 0.1) is 0 Å². The van der Waals surface area contributed by atoms with Gasteiger partial charge in [-0.2, -0.15) is 0 Å². The summed E-state index contributed by atoms with van der Waals surface area (Å²) in [6, 6.07) is 8.49. The molecular weight excluding hydrogens is 240 g/mol. The normalized spacial score (nSPS) is 13.1. The predicted octanol–water partition coefficient (Wildman–Crippen LogP) is 1.21. The maximum Gasteiger partial charge on any atom is 0.237 e. The van der Waals surface area contributed by atoms with Crippen molar-refractivity contribution in [2.75, 3.05) is 6.54 Å². The fraction of sp³-hybridized carbons (Fsp3) is 0.333. The van der Waals surface area contributed by atoms with Crippen molar-refractivity contribution >= 4 is 18.1 Å². The second kappa shape index (κ2) is 8.34. The lowest BCUT2D eigenvalue weighted by Gasteiger charge is -2.09. The molecule has 0 heterocycles. The van der Waals surface area contributed by atoms with Gasteiger partial charge in [-0.25, -0.2) is 0 Å². The number of benzene rings is 1. The minimum Gasteiger partial charge on any atom is -0.330 e. The van der Waals surface area contributed by atoms with Crippen molar-refractivity contribution in [1.82, 2.24) is 0 Å². The van der Waals surface area contributed by atoms with Crippen LogP contribution in [0.15, 0.2) is 35.9 Å². The fourth-order valence-corrected chi connectivity index (χ4v) is 1.71. The molecule has 1 aromatic rings. The highest BCUT2D eigenvalue weighted by atomic mass is 16.1. The molecule has 0 saturated carbocycles. The van der Waals surface area contributed by atoms with E-state index < -0.39 is 6.04 Å². The molecule has 0 unspecified atom stereocenters.